The molecule has 2 N–H and O–H groups in total. The molecule has 0 aliphatic carbocycles. The molecule has 2 aromatic rings. The molecule has 0 bridgehead atoms. The van der Waals surface area contributed by atoms with Crippen molar-refractivity contribution in [2.75, 3.05) is 5.32 Å². The van der Waals surface area contributed by atoms with E-state index in [0.29, 0.717) is 32.2 Å². The van der Waals surface area contributed by atoms with Crippen molar-refractivity contribution in [3.8, 4) is 0 Å². The van der Waals surface area contributed by atoms with Crippen LogP contribution in [0.3, 0.4) is 0 Å². The van der Waals surface area contributed by atoms with E-state index < -0.39 is 0 Å². The third kappa shape index (κ3) is 5.55. The van der Waals surface area contributed by atoms with Gasteiger partial charge < -0.3 is 5.32 Å². The van der Waals surface area contributed by atoms with Gasteiger partial charge in [-0.1, -0.05) is 47.5 Å². The largest absolute Gasteiger partial charge is 0.301 e. The van der Waals surface area contributed by atoms with Gasteiger partial charge in [0, 0.05) is 17.0 Å². The molecule has 1 aromatic carbocycles. The summed E-state index contributed by atoms with van der Waals surface area (Å²) < 4.78 is 0. The lowest BCUT2D eigenvalue weighted by Crippen LogP contribution is -2.19. The van der Waals surface area contributed by atoms with Gasteiger partial charge in [0.1, 0.15) is 5.01 Å². The highest BCUT2D eigenvalue weighted by Crippen LogP contribution is 2.19. The van der Waals surface area contributed by atoms with Gasteiger partial charge in [0.25, 0.3) is 0 Å². The quantitative estimate of drug-likeness (QED) is 0.589. The van der Waals surface area contributed by atoms with Crippen LogP contribution in [-0.4, -0.2) is 28.2 Å². The smallest absolute Gasteiger partial charge is 0.247 e. The van der Waals surface area contributed by atoms with Crippen LogP contribution in [0.4, 0.5) is 5.13 Å². The molecule has 0 aliphatic heterocycles. The van der Waals surface area contributed by atoms with Gasteiger partial charge in [-0.2, -0.15) is 5.10 Å². The van der Waals surface area contributed by atoms with Gasteiger partial charge in [0.05, 0.1) is 17.7 Å². The highest BCUT2D eigenvalue weighted by atomic mass is 35.5. The maximum atomic E-state index is 11.8. The van der Waals surface area contributed by atoms with E-state index >= 15 is 0 Å². The number of nitrogens with one attached hydrogen (secondary N) is 2. The molecule has 0 saturated heterocycles. The van der Waals surface area contributed by atoms with Crippen molar-refractivity contribution in [2.45, 2.75) is 19.8 Å². The molecule has 2 rings (SSSR count). The van der Waals surface area contributed by atoms with Gasteiger partial charge in [0.2, 0.25) is 16.9 Å². The number of hydrogen-bond donors (Lipinski definition) is 2. The molecule has 1 aromatic heterocycles. The summed E-state index contributed by atoms with van der Waals surface area (Å²) in [6.45, 7) is 1.73. The summed E-state index contributed by atoms with van der Waals surface area (Å²) in [6.07, 6.45) is 1.77. The van der Waals surface area contributed by atoms with E-state index in [1.54, 1.807) is 25.1 Å². The third-order valence-electron chi connectivity index (χ3n) is 2.70. The Labute approximate surface area is 152 Å². The third-order valence-corrected chi connectivity index (χ3v) is 4.10. The standard InChI is InChI=1S/C14H13Cl2N5O2S/c1-2-11(22)18-14-21-20-13(24-14)6-12(23)19-17-7-8-3-4-9(15)5-10(8)16/h3-5,7H,2,6H2,1H3,(H,19,23)(H,18,21,22)/b17-7+. The predicted molar refractivity (Wildman–Crippen MR) is 94.7 cm³/mol. The number of amides is 2. The normalized spacial score (nSPS) is 10.8. The number of anilines is 1. The van der Waals surface area contributed by atoms with Crippen LogP contribution in [-0.2, 0) is 16.0 Å². The zero-order valence-electron chi connectivity index (χ0n) is 12.5. The summed E-state index contributed by atoms with van der Waals surface area (Å²) in [5.74, 6) is -0.521. The van der Waals surface area contributed by atoms with Crippen molar-refractivity contribution >= 4 is 57.7 Å². The molecule has 7 nitrogen and oxygen atoms in total. The maximum absolute atomic E-state index is 11.8. The molecule has 0 fully saturated rings. The average Bonchev–Trinajstić information content (AvgIpc) is 2.96. The first kappa shape index (κ1) is 18.3. The highest BCUT2D eigenvalue weighted by molar-refractivity contribution is 7.15. The Bertz CT molecular complexity index is 778. The molecule has 2 amide bonds. The highest BCUT2D eigenvalue weighted by Gasteiger charge is 2.10. The van der Waals surface area contributed by atoms with Crippen molar-refractivity contribution in [2.24, 2.45) is 5.10 Å². The van der Waals surface area contributed by atoms with Crippen molar-refractivity contribution in [3.05, 3.63) is 38.8 Å². The van der Waals surface area contributed by atoms with Crippen LogP contribution in [0, 0.1) is 0 Å². The minimum atomic E-state index is -0.360. The van der Waals surface area contributed by atoms with Crippen molar-refractivity contribution in [1.29, 1.82) is 0 Å². The number of benzene rings is 1. The van der Waals surface area contributed by atoms with E-state index in [0.717, 1.165) is 11.3 Å². The van der Waals surface area contributed by atoms with Crippen LogP contribution in [0.1, 0.15) is 23.9 Å². The molecule has 24 heavy (non-hydrogen) atoms. The first-order valence-electron chi connectivity index (χ1n) is 6.87. The zero-order valence-corrected chi connectivity index (χ0v) is 14.9. The number of nitrogens with zero attached hydrogens (tertiary/aromatic N) is 3. The molecule has 0 radical (unpaired) electrons. The van der Waals surface area contributed by atoms with Gasteiger partial charge in [-0.15, -0.1) is 10.2 Å². The Balaban J connectivity index is 1.87. The fourth-order valence-corrected chi connectivity index (χ4v) is 2.75. The van der Waals surface area contributed by atoms with E-state index in [4.69, 9.17) is 23.2 Å². The summed E-state index contributed by atoms with van der Waals surface area (Å²) in [6, 6.07) is 4.94. The van der Waals surface area contributed by atoms with Gasteiger partial charge in [-0.05, 0) is 12.1 Å². The van der Waals surface area contributed by atoms with E-state index in [2.05, 4.69) is 26.0 Å². The summed E-state index contributed by atoms with van der Waals surface area (Å²) in [5.41, 5.74) is 3.00. The topological polar surface area (TPSA) is 96.3 Å². The van der Waals surface area contributed by atoms with E-state index in [-0.39, 0.29) is 18.2 Å². The Morgan fingerprint density at radius 2 is 2.08 bits per heavy atom. The minimum absolute atomic E-state index is 0.00531. The minimum Gasteiger partial charge on any atom is -0.301 e. The van der Waals surface area contributed by atoms with E-state index in [9.17, 15) is 9.59 Å². The fourth-order valence-electron chi connectivity index (χ4n) is 1.54. The summed E-state index contributed by atoms with van der Waals surface area (Å²) in [4.78, 5) is 23.0. The number of hydrazone groups is 1. The number of carbonyl (C=O) groups excluding carboxylic acids is 2. The molecular formula is C14H13Cl2N5O2S. The van der Waals surface area contributed by atoms with Crippen LogP contribution in [0.15, 0.2) is 23.3 Å². The number of hydrogen-bond acceptors (Lipinski definition) is 6. The van der Waals surface area contributed by atoms with Crippen molar-refractivity contribution in [3.63, 3.8) is 0 Å². The van der Waals surface area contributed by atoms with Crippen LogP contribution in [0.2, 0.25) is 10.0 Å². The maximum Gasteiger partial charge on any atom is 0.247 e. The molecule has 0 aliphatic rings. The summed E-state index contributed by atoms with van der Waals surface area (Å²) in [5, 5.41) is 15.8. The molecule has 126 valence electrons. The lowest BCUT2D eigenvalue weighted by Gasteiger charge is -1.99. The monoisotopic (exact) mass is 385 g/mol. The van der Waals surface area contributed by atoms with Crippen molar-refractivity contribution in [1.82, 2.24) is 15.6 Å². The van der Waals surface area contributed by atoms with Crippen LogP contribution in [0.25, 0.3) is 0 Å². The molecular weight excluding hydrogens is 373 g/mol. The lowest BCUT2D eigenvalue weighted by atomic mass is 10.2. The Morgan fingerprint density at radius 1 is 1.29 bits per heavy atom. The van der Waals surface area contributed by atoms with Gasteiger partial charge in [0.15, 0.2) is 0 Å². The van der Waals surface area contributed by atoms with Gasteiger partial charge >= 0.3 is 0 Å². The Morgan fingerprint density at radius 3 is 2.79 bits per heavy atom. The first-order valence-corrected chi connectivity index (χ1v) is 8.44. The van der Waals surface area contributed by atoms with E-state index in [1.807, 2.05) is 0 Å². The number of halogens is 2. The number of carbonyl (C=O) groups is 2. The van der Waals surface area contributed by atoms with Crippen LogP contribution < -0.4 is 10.7 Å². The lowest BCUT2D eigenvalue weighted by molar-refractivity contribution is -0.120. The molecule has 1 heterocycles. The molecule has 0 spiro atoms. The van der Waals surface area contributed by atoms with Gasteiger partial charge in [-0.25, -0.2) is 5.43 Å². The second kappa shape index (κ2) is 8.72. The first-order chi connectivity index (χ1) is 11.5. The molecule has 0 saturated carbocycles. The van der Waals surface area contributed by atoms with E-state index in [1.165, 1.54) is 6.21 Å². The molecule has 0 unspecified atom stereocenters. The Kier molecular flexibility index (Phi) is 6.65. The second-order valence-electron chi connectivity index (χ2n) is 4.54. The predicted octanol–water partition coefficient (Wildman–Crippen LogP) is 2.89. The summed E-state index contributed by atoms with van der Waals surface area (Å²) >= 11 is 12.9. The van der Waals surface area contributed by atoms with Gasteiger partial charge in [-0.3, -0.25) is 9.59 Å². The Hall–Kier alpha value is -2.03. The fraction of sp³-hybridized carbons (Fsp3) is 0.214. The SMILES string of the molecule is CCC(=O)Nc1nnc(CC(=O)N/N=C/c2ccc(Cl)cc2Cl)s1. The van der Waals surface area contributed by atoms with Crippen molar-refractivity contribution < 1.29 is 9.59 Å². The number of rotatable bonds is 6. The average molecular weight is 386 g/mol. The molecule has 10 heteroatoms. The summed E-state index contributed by atoms with van der Waals surface area (Å²) in [7, 11) is 0. The second-order valence-corrected chi connectivity index (χ2v) is 6.44. The number of aromatic nitrogens is 2. The molecule has 0 atom stereocenters. The zero-order chi connectivity index (χ0) is 17.5. The van der Waals surface area contributed by atoms with Crippen LogP contribution >= 0.6 is 34.5 Å². The van der Waals surface area contributed by atoms with Crippen LogP contribution in [0.5, 0.6) is 0 Å².